The van der Waals surface area contributed by atoms with Crippen LogP contribution in [0.25, 0.3) is 0 Å². The molecule has 28 heavy (non-hydrogen) atoms. The monoisotopic (exact) mass is 406 g/mol. The number of nitrogens with zero attached hydrogens (tertiary/aromatic N) is 3. The first kappa shape index (κ1) is 20.3. The van der Waals surface area contributed by atoms with E-state index >= 15 is 0 Å². The molecule has 3 rings (SSSR count). The number of piperidine rings is 1. The van der Waals surface area contributed by atoms with Crippen molar-refractivity contribution in [1.29, 1.82) is 0 Å². The van der Waals surface area contributed by atoms with Crippen LogP contribution in [0, 0.1) is 6.92 Å². The Labute approximate surface area is 165 Å². The zero-order chi connectivity index (χ0) is 20.3. The number of rotatable bonds is 6. The lowest BCUT2D eigenvalue weighted by atomic mass is 10.1. The highest BCUT2D eigenvalue weighted by atomic mass is 32.2. The number of para-hydroxylation sites is 1. The number of carbonyl (C=O) groups is 1. The van der Waals surface area contributed by atoms with E-state index in [9.17, 15) is 13.2 Å². The second kappa shape index (κ2) is 8.32. The topological polar surface area (TPSA) is 95.6 Å². The van der Waals surface area contributed by atoms with Crippen molar-refractivity contribution in [2.75, 3.05) is 26.4 Å². The molecule has 8 nitrogen and oxygen atoms in total. The van der Waals surface area contributed by atoms with E-state index in [2.05, 4.69) is 10.2 Å². The van der Waals surface area contributed by atoms with Gasteiger partial charge in [0.1, 0.15) is 11.9 Å². The first-order valence-electron chi connectivity index (χ1n) is 9.21. The first-order valence-corrected chi connectivity index (χ1v) is 11.1. The Hall–Kier alpha value is -2.39. The van der Waals surface area contributed by atoms with Gasteiger partial charge in [-0.1, -0.05) is 12.1 Å². The maximum Gasteiger partial charge on any atom is 0.257 e. The largest absolute Gasteiger partial charge is 0.489 e. The molecule has 1 aromatic heterocycles. The van der Waals surface area contributed by atoms with Crippen LogP contribution in [-0.4, -0.2) is 66.2 Å². The number of sulfonamides is 1. The maximum absolute atomic E-state index is 12.9. The predicted molar refractivity (Wildman–Crippen MR) is 106 cm³/mol. The fraction of sp³-hybridized carbons (Fsp3) is 0.474. The molecule has 1 N–H and O–H groups in total. The van der Waals surface area contributed by atoms with Crippen molar-refractivity contribution in [1.82, 2.24) is 19.4 Å². The molecule has 0 unspecified atom stereocenters. The van der Waals surface area contributed by atoms with E-state index in [1.54, 1.807) is 30.1 Å². The maximum atomic E-state index is 12.9. The molecule has 0 aliphatic carbocycles. The number of hydrogen-bond donors (Lipinski definition) is 1. The third-order valence-corrected chi connectivity index (χ3v) is 6.09. The second-order valence-corrected chi connectivity index (χ2v) is 9.16. The van der Waals surface area contributed by atoms with Gasteiger partial charge in [0.2, 0.25) is 10.0 Å². The number of amides is 1. The van der Waals surface area contributed by atoms with Crippen molar-refractivity contribution >= 4 is 15.9 Å². The van der Waals surface area contributed by atoms with Gasteiger partial charge in [0, 0.05) is 25.8 Å². The zero-order valence-electron chi connectivity index (χ0n) is 16.4. The van der Waals surface area contributed by atoms with E-state index in [1.165, 1.54) is 10.6 Å². The number of benzene rings is 1. The van der Waals surface area contributed by atoms with Crippen molar-refractivity contribution in [3.8, 4) is 5.75 Å². The second-order valence-electron chi connectivity index (χ2n) is 7.18. The fourth-order valence-electron chi connectivity index (χ4n) is 3.28. The van der Waals surface area contributed by atoms with Crippen LogP contribution < -0.4 is 4.74 Å². The summed E-state index contributed by atoms with van der Waals surface area (Å²) in [5.74, 6) is 0.375. The number of nitrogens with one attached hydrogen (secondary N) is 1. The van der Waals surface area contributed by atoms with E-state index in [-0.39, 0.29) is 12.0 Å². The third-order valence-electron chi connectivity index (χ3n) is 4.79. The first-order chi connectivity index (χ1) is 13.2. The van der Waals surface area contributed by atoms with E-state index < -0.39 is 10.0 Å². The summed E-state index contributed by atoms with van der Waals surface area (Å²) >= 11 is 0. The van der Waals surface area contributed by atoms with Gasteiger partial charge < -0.3 is 9.64 Å². The normalized spacial score (nSPS) is 16.1. The van der Waals surface area contributed by atoms with Gasteiger partial charge in [-0.25, -0.2) is 12.7 Å². The third kappa shape index (κ3) is 4.90. The molecule has 0 spiro atoms. The highest BCUT2D eigenvalue weighted by Crippen LogP contribution is 2.25. The standard InChI is InChI=1S/C19H26N4O4S/c1-14-12-15(21-20-14)13-22(2)19(24)17-6-4-5-7-18(17)27-16-8-10-23(11-9-16)28(3,25)26/h4-7,12,16H,8-11,13H2,1-3H3,(H,20,21). The molecule has 0 atom stereocenters. The zero-order valence-corrected chi connectivity index (χ0v) is 17.2. The molecule has 152 valence electrons. The molecule has 2 heterocycles. The summed E-state index contributed by atoms with van der Waals surface area (Å²) in [6, 6.07) is 9.06. The molecule has 1 aliphatic rings. The summed E-state index contributed by atoms with van der Waals surface area (Å²) in [4.78, 5) is 14.5. The van der Waals surface area contributed by atoms with Crippen LogP contribution >= 0.6 is 0 Å². The van der Waals surface area contributed by atoms with Crippen LogP contribution in [0.4, 0.5) is 0 Å². The number of aromatic amines is 1. The van der Waals surface area contributed by atoms with Crippen LogP contribution in [0.3, 0.4) is 0 Å². The summed E-state index contributed by atoms with van der Waals surface area (Å²) in [5.41, 5.74) is 2.22. The van der Waals surface area contributed by atoms with E-state index in [0.717, 1.165) is 11.4 Å². The number of H-pyrrole nitrogens is 1. The van der Waals surface area contributed by atoms with Crippen molar-refractivity contribution in [2.45, 2.75) is 32.4 Å². The lowest BCUT2D eigenvalue weighted by molar-refractivity contribution is 0.0770. The summed E-state index contributed by atoms with van der Waals surface area (Å²) in [6.07, 6.45) is 2.29. The average Bonchev–Trinajstić information content (AvgIpc) is 3.06. The summed E-state index contributed by atoms with van der Waals surface area (Å²) in [7, 11) is -1.44. The smallest absolute Gasteiger partial charge is 0.257 e. The summed E-state index contributed by atoms with van der Waals surface area (Å²) in [5, 5.41) is 7.04. The van der Waals surface area contributed by atoms with E-state index in [0.29, 0.717) is 43.8 Å². The number of hydrogen-bond acceptors (Lipinski definition) is 5. The van der Waals surface area contributed by atoms with Crippen molar-refractivity contribution in [3.05, 3.63) is 47.3 Å². The molecule has 0 radical (unpaired) electrons. The van der Waals surface area contributed by atoms with Gasteiger partial charge in [0.05, 0.1) is 24.1 Å². The number of aromatic nitrogens is 2. The Kier molecular flexibility index (Phi) is 6.04. The van der Waals surface area contributed by atoms with Gasteiger partial charge in [0.25, 0.3) is 5.91 Å². The quantitative estimate of drug-likeness (QED) is 0.789. The number of aryl methyl sites for hydroxylation is 1. The predicted octanol–water partition coefficient (Wildman–Crippen LogP) is 1.79. The highest BCUT2D eigenvalue weighted by Gasteiger charge is 2.27. The Morgan fingerprint density at radius 2 is 2.00 bits per heavy atom. The van der Waals surface area contributed by atoms with Gasteiger partial charge >= 0.3 is 0 Å². The SMILES string of the molecule is Cc1cc(CN(C)C(=O)c2ccccc2OC2CCN(S(C)(=O)=O)CC2)n[nH]1. The molecular weight excluding hydrogens is 380 g/mol. The lowest BCUT2D eigenvalue weighted by Gasteiger charge is -2.31. The lowest BCUT2D eigenvalue weighted by Crippen LogP contribution is -2.41. The number of carbonyl (C=O) groups excluding carboxylic acids is 1. The molecular formula is C19H26N4O4S. The molecule has 1 aromatic carbocycles. The van der Waals surface area contributed by atoms with Crippen LogP contribution in [0.5, 0.6) is 5.75 Å². The minimum absolute atomic E-state index is 0.119. The minimum atomic E-state index is -3.17. The molecule has 0 bridgehead atoms. The van der Waals surface area contributed by atoms with Gasteiger partial charge in [-0.2, -0.15) is 5.10 Å². The average molecular weight is 407 g/mol. The van der Waals surface area contributed by atoms with Crippen LogP contribution in [0.2, 0.25) is 0 Å². The fourth-order valence-corrected chi connectivity index (χ4v) is 4.16. The highest BCUT2D eigenvalue weighted by molar-refractivity contribution is 7.88. The molecule has 9 heteroatoms. The van der Waals surface area contributed by atoms with Gasteiger partial charge in [-0.3, -0.25) is 9.89 Å². The minimum Gasteiger partial charge on any atom is -0.489 e. The molecule has 2 aromatic rings. The Morgan fingerprint density at radius 1 is 1.32 bits per heavy atom. The van der Waals surface area contributed by atoms with E-state index in [4.69, 9.17) is 4.74 Å². The molecule has 1 fully saturated rings. The Balaban J connectivity index is 1.66. The molecule has 1 aliphatic heterocycles. The number of ether oxygens (including phenoxy) is 1. The van der Waals surface area contributed by atoms with Crippen LogP contribution in [0.1, 0.15) is 34.6 Å². The van der Waals surface area contributed by atoms with Gasteiger partial charge in [0.15, 0.2) is 0 Å². The summed E-state index contributed by atoms with van der Waals surface area (Å²) in [6.45, 7) is 3.16. The Morgan fingerprint density at radius 3 is 2.61 bits per heavy atom. The van der Waals surface area contributed by atoms with Crippen molar-refractivity contribution in [3.63, 3.8) is 0 Å². The van der Waals surface area contributed by atoms with Gasteiger partial charge in [-0.15, -0.1) is 0 Å². The van der Waals surface area contributed by atoms with E-state index in [1.807, 2.05) is 19.1 Å². The molecule has 1 amide bonds. The van der Waals surface area contributed by atoms with Crippen molar-refractivity contribution < 1.29 is 17.9 Å². The summed E-state index contributed by atoms with van der Waals surface area (Å²) < 4.78 is 30.8. The van der Waals surface area contributed by atoms with Crippen molar-refractivity contribution in [2.24, 2.45) is 0 Å². The Bertz CT molecular complexity index is 933. The van der Waals surface area contributed by atoms with Crippen LogP contribution in [0.15, 0.2) is 30.3 Å². The van der Waals surface area contributed by atoms with Gasteiger partial charge in [-0.05, 0) is 38.0 Å². The molecule has 1 saturated heterocycles. The molecule has 0 saturated carbocycles. The van der Waals surface area contributed by atoms with Crippen LogP contribution in [-0.2, 0) is 16.6 Å².